The topological polar surface area (TPSA) is 22.1 Å². The molecule has 0 aliphatic carbocycles. The van der Waals surface area contributed by atoms with Crippen LogP contribution in [-0.4, -0.2) is 11.6 Å². The Hall–Kier alpha value is -2.68. The zero-order chi connectivity index (χ0) is 20.5. The highest BCUT2D eigenvalue weighted by molar-refractivity contribution is 5.67. The van der Waals surface area contributed by atoms with Crippen molar-refractivity contribution in [3.05, 3.63) is 72.2 Å². The molecule has 3 rings (SSSR count). The lowest BCUT2D eigenvalue weighted by atomic mass is 10.0. The summed E-state index contributed by atoms with van der Waals surface area (Å²) in [5.74, 6) is 0.674. The molecule has 2 aromatic carbocycles. The summed E-state index contributed by atoms with van der Waals surface area (Å²) in [6.07, 6.45) is 8.80. The Balaban J connectivity index is 1.60. The van der Waals surface area contributed by atoms with E-state index in [1.54, 1.807) is 12.3 Å². The van der Waals surface area contributed by atoms with Crippen molar-refractivity contribution in [1.82, 2.24) is 4.98 Å². The molecule has 0 radical (unpaired) electrons. The second-order valence-corrected chi connectivity index (χ2v) is 7.39. The van der Waals surface area contributed by atoms with Crippen LogP contribution in [0.5, 0.6) is 5.75 Å². The Bertz CT molecular complexity index is 888. The number of pyridine rings is 1. The Morgan fingerprint density at radius 1 is 0.828 bits per heavy atom. The molecule has 1 aromatic heterocycles. The van der Waals surface area contributed by atoms with Crippen LogP contribution < -0.4 is 4.74 Å². The molecule has 0 spiro atoms. The number of hydrogen-bond acceptors (Lipinski definition) is 2. The third-order valence-corrected chi connectivity index (χ3v) is 5.19. The van der Waals surface area contributed by atoms with Gasteiger partial charge >= 0.3 is 0 Å². The minimum absolute atomic E-state index is 0.221. The largest absolute Gasteiger partial charge is 0.494 e. The van der Waals surface area contributed by atoms with Crippen LogP contribution in [0.3, 0.4) is 0 Å². The van der Waals surface area contributed by atoms with E-state index in [-0.39, 0.29) is 5.82 Å². The summed E-state index contributed by atoms with van der Waals surface area (Å²) in [5, 5.41) is 0. The van der Waals surface area contributed by atoms with E-state index in [1.165, 1.54) is 25.7 Å². The van der Waals surface area contributed by atoms with Gasteiger partial charge in [0.25, 0.3) is 0 Å². The highest BCUT2D eigenvalue weighted by Gasteiger charge is 2.08. The van der Waals surface area contributed by atoms with Crippen LogP contribution in [0.15, 0.2) is 60.8 Å². The van der Waals surface area contributed by atoms with Crippen LogP contribution in [0.25, 0.3) is 22.4 Å². The molecule has 0 aliphatic heterocycles. The van der Waals surface area contributed by atoms with E-state index in [2.05, 4.69) is 11.9 Å². The van der Waals surface area contributed by atoms with Crippen molar-refractivity contribution in [1.29, 1.82) is 0 Å². The molecule has 2 nitrogen and oxygen atoms in total. The Morgan fingerprint density at radius 2 is 1.59 bits per heavy atom. The zero-order valence-corrected chi connectivity index (χ0v) is 17.5. The van der Waals surface area contributed by atoms with Gasteiger partial charge in [-0.15, -0.1) is 0 Å². The number of hydrogen-bond donors (Lipinski definition) is 0. The molecular weight excluding hydrogens is 361 g/mol. The fourth-order valence-electron chi connectivity index (χ4n) is 3.35. The number of aryl methyl sites for hydroxylation is 1. The van der Waals surface area contributed by atoms with E-state index < -0.39 is 0 Å². The smallest absolute Gasteiger partial charge is 0.132 e. The number of unbranched alkanes of at least 4 members (excludes halogenated alkanes) is 4. The third kappa shape index (κ3) is 5.90. The Labute approximate surface area is 173 Å². The van der Waals surface area contributed by atoms with Gasteiger partial charge in [0.1, 0.15) is 11.6 Å². The summed E-state index contributed by atoms with van der Waals surface area (Å²) in [7, 11) is 0. The number of ether oxygens (including phenoxy) is 1. The Morgan fingerprint density at radius 3 is 2.24 bits per heavy atom. The first kappa shape index (κ1) is 21.0. The molecule has 0 saturated carbocycles. The van der Waals surface area contributed by atoms with E-state index in [9.17, 15) is 4.39 Å². The summed E-state index contributed by atoms with van der Waals surface area (Å²) in [4.78, 5) is 4.48. The summed E-state index contributed by atoms with van der Waals surface area (Å²) in [6.45, 7) is 5.01. The van der Waals surface area contributed by atoms with Crippen LogP contribution in [-0.2, 0) is 6.42 Å². The second-order valence-electron chi connectivity index (χ2n) is 7.39. The quantitative estimate of drug-likeness (QED) is 0.334. The average Bonchev–Trinajstić information content (AvgIpc) is 2.77. The fourth-order valence-corrected chi connectivity index (χ4v) is 3.35. The van der Waals surface area contributed by atoms with E-state index in [4.69, 9.17) is 4.74 Å². The molecule has 29 heavy (non-hydrogen) atoms. The standard InChI is InChI=1S/C26H30FNO/c1-3-5-6-7-8-17-29-23-13-10-21(11-14-23)22-12-16-26(28-19-22)24-15-9-20(4-2)18-25(24)27/h9-16,18-19H,3-8,17H2,1-2H3. The second kappa shape index (κ2) is 10.8. The van der Waals surface area contributed by atoms with Crippen LogP contribution >= 0.6 is 0 Å². The molecular formula is C26H30FNO. The van der Waals surface area contributed by atoms with Crippen LogP contribution in [0.2, 0.25) is 0 Å². The highest BCUT2D eigenvalue weighted by Crippen LogP contribution is 2.26. The number of aromatic nitrogens is 1. The molecule has 0 saturated heterocycles. The lowest BCUT2D eigenvalue weighted by Crippen LogP contribution is -1.97. The monoisotopic (exact) mass is 391 g/mol. The lowest BCUT2D eigenvalue weighted by Gasteiger charge is -2.08. The molecule has 1 heterocycles. The zero-order valence-electron chi connectivity index (χ0n) is 17.5. The van der Waals surface area contributed by atoms with Gasteiger partial charge in [-0.1, -0.05) is 63.8 Å². The normalized spacial score (nSPS) is 10.9. The lowest BCUT2D eigenvalue weighted by molar-refractivity contribution is 0.304. The number of nitrogens with zero attached hydrogens (tertiary/aromatic N) is 1. The van der Waals surface area contributed by atoms with Gasteiger partial charge in [-0.2, -0.15) is 0 Å². The maximum absolute atomic E-state index is 14.3. The van der Waals surface area contributed by atoms with Gasteiger partial charge in [-0.05, 0) is 54.3 Å². The van der Waals surface area contributed by atoms with Crippen LogP contribution in [0.4, 0.5) is 4.39 Å². The van der Waals surface area contributed by atoms with Gasteiger partial charge in [-0.3, -0.25) is 4.98 Å². The molecule has 0 bridgehead atoms. The first-order valence-corrected chi connectivity index (χ1v) is 10.7. The first-order chi connectivity index (χ1) is 14.2. The van der Waals surface area contributed by atoms with Gasteiger partial charge in [-0.25, -0.2) is 4.39 Å². The molecule has 0 atom stereocenters. The summed E-state index contributed by atoms with van der Waals surface area (Å²) in [6, 6.07) is 17.3. The van der Waals surface area contributed by atoms with Gasteiger partial charge in [0, 0.05) is 17.3 Å². The van der Waals surface area contributed by atoms with E-state index in [0.29, 0.717) is 11.3 Å². The third-order valence-electron chi connectivity index (χ3n) is 5.19. The maximum atomic E-state index is 14.3. The fraction of sp³-hybridized carbons (Fsp3) is 0.346. The van der Waals surface area contributed by atoms with Crippen molar-refractivity contribution in [2.24, 2.45) is 0 Å². The van der Waals surface area contributed by atoms with E-state index >= 15 is 0 Å². The molecule has 0 amide bonds. The van der Waals surface area contributed by atoms with Crippen molar-refractivity contribution in [2.75, 3.05) is 6.61 Å². The Kier molecular flexibility index (Phi) is 7.80. The molecule has 0 fully saturated rings. The summed E-state index contributed by atoms with van der Waals surface area (Å²) < 4.78 is 20.2. The van der Waals surface area contributed by atoms with Gasteiger partial charge in [0.2, 0.25) is 0 Å². The molecule has 0 aliphatic rings. The van der Waals surface area contributed by atoms with Crippen molar-refractivity contribution < 1.29 is 9.13 Å². The average molecular weight is 392 g/mol. The van der Waals surface area contributed by atoms with E-state index in [1.807, 2.05) is 55.5 Å². The molecule has 3 aromatic rings. The highest BCUT2D eigenvalue weighted by atomic mass is 19.1. The summed E-state index contributed by atoms with van der Waals surface area (Å²) in [5.41, 5.74) is 4.26. The molecule has 3 heteroatoms. The first-order valence-electron chi connectivity index (χ1n) is 10.7. The molecule has 0 unspecified atom stereocenters. The summed E-state index contributed by atoms with van der Waals surface area (Å²) >= 11 is 0. The predicted molar refractivity (Wildman–Crippen MR) is 119 cm³/mol. The SMILES string of the molecule is CCCCCCCOc1ccc(-c2ccc(-c3ccc(CC)cc3F)nc2)cc1. The number of halogens is 1. The van der Waals surface area contributed by atoms with Crippen molar-refractivity contribution >= 4 is 0 Å². The maximum Gasteiger partial charge on any atom is 0.132 e. The molecule has 152 valence electrons. The van der Waals surface area contributed by atoms with Crippen LogP contribution in [0, 0.1) is 5.82 Å². The number of rotatable bonds is 10. The van der Waals surface area contributed by atoms with Gasteiger partial charge < -0.3 is 4.74 Å². The van der Waals surface area contributed by atoms with Crippen LogP contribution in [0.1, 0.15) is 51.5 Å². The van der Waals surface area contributed by atoms with Crippen molar-refractivity contribution in [2.45, 2.75) is 52.4 Å². The predicted octanol–water partition coefficient (Wildman–Crippen LogP) is 7.47. The van der Waals surface area contributed by atoms with Crippen molar-refractivity contribution in [3.8, 4) is 28.1 Å². The van der Waals surface area contributed by atoms with E-state index in [0.717, 1.165) is 41.9 Å². The molecule has 0 N–H and O–H groups in total. The van der Waals surface area contributed by atoms with Gasteiger partial charge in [0.05, 0.1) is 12.3 Å². The van der Waals surface area contributed by atoms with Gasteiger partial charge in [0.15, 0.2) is 0 Å². The number of benzene rings is 2. The minimum atomic E-state index is -0.221. The van der Waals surface area contributed by atoms with Crippen molar-refractivity contribution in [3.63, 3.8) is 0 Å². The minimum Gasteiger partial charge on any atom is -0.494 e.